The Hall–Kier alpha value is -1.59. The summed E-state index contributed by atoms with van der Waals surface area (Å²) in [4.78, 5) is 7.46. The maximum Gasteiger partial charge on any atom is 0.170 e. The first-order valence-electron chi connectivity index (χ1n) is 8.66. The average Bonchev–Trinajstić information content (AvgIpc) is 3.09. The molecule has 0 amide bonds. The van der Waals surface area contributed by atoms with Gasteiger partial charge in [-0.3, -0.25) is 4.90 Å². The van der Waals surface area contributed by atoms with Crippen LogP contribution < -0.4 is 9.47 Å². The van der Waals surface area contributed by atoms with E-state index in [-0.39, 0.29) is 0 Å². The fraction of sp³-hybridized carbons (Fsp3) is 0.526. The van der Waals surface area contributed by atoms with Crippen molar-refractivity contribution in [1.82, 2.24) is 9.88 Å². The van der Waals surface area contributed by atoms with E-state index in [4.69, 9.17) is 14.5 Å². The summed E-state index contributed by atoms with van der Waals surface area (Å²) in [6, 6.07) is 6.64. The number of thiazole rings is 1. The number of para-hydroxylation sites is 1. The number of benzene rings is 1. The molecule has 0 radical (unpaired) electrons. The zero-order chi connectivity index (χ0) is 16.9. The number of aromatic nitrogens is 1. The quantitative estimate of drug-likeness (QED) is 0.766. The van der Waals surface area contributed by atoms with Crippen LogP contribution in [0.5, 0.6) is 11.5 Å². The second-order valence-corrected chi connectivity index (χ2v) is 7.07. The van der Waals surface area contributed by atoms with Gasteiger partial charge in [-0.25, -0.2) is 4.98 Å². The van der Waals surface area contributed by atoms with Crippen molar-refractivity contribution in [2.45, 2.75) is 45.2 Å². The number of hydrogen-bond donors (Lipinski definition) is 0. The SMILES string of the molecule is CCC1CCCCN1Cc1csc(-c2cccc(OC)c2OC)n1. The zero-order valence-corrected chi connectivity index (χ0v) is 15.6. The van der Waals surface area contributed by atoms with Gasteiger partial charge in [0.2, 0.25) is 0 Å². The predicted molar refractivity (Wildman–Crippen MR) is 99.0 cm³/mol. The van der Waals surface area contributed by atoms with Gasteiger partial charge in [0.05, 0.1) is 25.5 Å². The van der Waals surface area contributed by atoms with Crippen LogP contribution in [0.1, 0.15) is 38.3 Å². The molecule has 0 saturated carbocycles. The molecule has 0 aliphatic carbocycles. The van der Waals surface area contributed by atoms with Gasteiger partial charge >= 0.3 is 0 Å². The molecule has 0 bridgehead atoms. The molecule has 130 valence electrons. The molecule has 2 aromatic rings. The van der Waals surface area contributed by atoms with Gasteiger partial charge in [-0.1, -0.05) is 19.4 Å². The van der Waals surface area contributed by atoms with Crippen LogP contribution in [0.15, 0.2) is 23.6 Å². The van der Waals surface area contributed by atoms with E-state index in [0.717, 1.165) is 34.3 Å². The van der Waals surface area contributed by atoms with Crippen molar-refractivity contribution in [2.24, 2.45) is 0 Å². The van der Waals surface area contributed by atoms with E-state index in [2.05, 4.69) is 17.2 Å². The van der Waals surface area contributed by atoms with Gasteiger partial charge < -0.3 is 9.47 Å². The van der Waals surface area contributed by atoms with Gasteiger partial charge in [0, 0.05) is 18.0 Å². The van der Waals surface area contributed by atoms with E-state index >= 15 is 0 Å². The summed E-state index contributed by atoms with van der Waals surface area (Å²) >= 11 is 1.68. The molecule has 24 heavy (non-hydrogen) atoms. The first-order valence-corrected chi connectivity index (χ1v) is 9.54. The molecule has 5 heteroatoms. The van der Waals surface area contributed by atoms with Crippen molar-refractivity contribution in [3.8, 4) is 22.1 Å². The molecule has 1 saturated heterocycles. The number of piperidine rings is 1. The Bertz CT molecular complexity index is 671. The van der Waals surface area contributed by atoms with Crippen LogP contribution in [-0.4, -0.2) is 36.7 Å². The molecule has 2 heterocycles. The molecule has 1 aliphatic heterocycles. The van der Waals surface area contributed by atoms with Gasteiger partial charge in [-0.2, -0.15) is 0 Å². The van der Waals surface area contributed by atoms with Crippen molar-refractivity contribution < 1.29 is 9.47 Å². The van der Waals surface area contributed by atoms with Crippen LogP contribution in [0.2, 0.25) is 0 Å². The second kappa shape index (κ2) is 7.99. The lowest BCUT2D eigenvalue weighted by atomic mass is 10.00. The van der Waals surface area contributed by atoms with Gasteiger partial charge in [0.1, 0.15) is 5.01 Å². The Morgan fingerprint density at radius 3 is 2.88 bits per heavy atom. The monoisotopic (exact) mass is 346 g/mol. The normalized spacial score (nSPS) is 18.5. The zero-order valence-electron chi connectivity index (χ0n) is 14.7. The highest BCUT2D eigenvalue weighted by atomic mass is 32.1. The molecule has 1 fully saturated rings. The largest absolute Gasteiger partial charge is 0.493 e. The molecule has 0 spiro atoms. The fourth-order valence-corrected chi connectivity index (χ4v) is 4.33. The maximum atomic E-state index is 5.55. The summed E-state index contributed by atoms with van der Waals surface area (Å²) in [5.74, 6) is 1.50. The lowest BCUT2D eigenvalue weighted by molar-refractivity contribution is 0.135. The molecule has 1 aromatic heterocycles. The minimum absolute atomic E-state index is 0.704. The van der Waals surface area contributed by atoms with Crippen LogP contribution in [0, 0.1) is 0 Å². The minimum Gasteiger partial charge on any atom is -0.493 e. The van der Waals surface area contributed by atoms with E-state index in [0.29, 0.717) is 6.04 Å². The van der Waals surface area contributed by atoms with Crippen molar-refractivity contribution in [2.75, 3.05) is 20.8 Å². The van der Waals surface area contributed by atoms with E-state index < -0.39 is 0 Å². The molecule has 1 atom stereocenters. The molecular weight excluding hydrogens is 320 g/mol. The summed E-state index contributed by atoms with van der Waals surface area (Å²) in [6.07, 6.45) is 5.20. The fourth-order valence-electron chi connectivity index (χ4n) is 3.50. The highest BCUT2D eigenvalue weighted by Crippen LogP contribution is 2.39. The van der Waals surface area contributed by atoms with Crippen molar-refractivity contribution in [3.63, 3.8) is 0 Å². The van der Waals surface area contributed by atoms with Crippen LogP contribution >= 0.6 is 11.3 Å². The third-order valence-electron chi connectivity index (χ3n) is 4.77. The molecular formula is C19H26N2O2S. The Kier molecular flexibility index (Phi) is 5.74. The summed E-state index contributed by atoms with van der Waals surface area (Å²) in [5.41, 5.74) is 2.15. The summed E-state index contributed by atoms with van der Waals surface area (Å²) in [7, 11) is 3.34. The van der Waals surface area contributed by atoms with Gasteiger partial charge in [-0.05, 0) is 37.9 Å². The standard InChI is InChI=1S/C19H26N2O2S/c1-4-15-8-5-6-11-21(15)12-14-13-24-19(20-14)16-9-7-10-17(22-2)18(16)23-3/h7,9-10,13,15H,4-6,8,11-12H2,1-3H3. The van der Waals surface area contributed by atoms with Gasteiger partial charge in [0.25, 0.3) is 0 Å². The average molecular weight is 346 g/mol. The summed E-state index contributed by atoms with van der Waals surface area (Å²) < 4.78 is 10.9. The molecule has 1 unspecified atom stereocenters. The lowest BCUT2D eigenvalue weighted by Crippen LogP contribution is -2.38. The van der Waals surface area contributed by atoms with Crippen molar-refractivity contribution in [3.05, 3.63) is 29.3 Å². The van der Waals surface area contributed by atoms with E-state index in [1.807, 2.05) is 18.2 Å². The highest BCUT2D eigenvalue weighted by molar-refractivity contribution is 7.13. The van der Waals surface area contributed by atoms with Crippen LogP contribution in [-0.2, 0) is 6.54 Å². The number of likely N-dealkylation sites (tertiary alicyclic amines) is 1. The van der Waals surface area contributed by atoms with Crippen LogP contribution in [0.4, 0.5) is 0 Å². The molecule has 1 aromatic carbocycles. The summed E-state index contributed by atoms with van der Waals surface area (Å²) in [6.45, 7) is 4.42. The van der Waals surface area contributed by atoms with E-state index in [1.54, 1.807) is 25.6 Å². The number of rotatable bonds is 6. The first-order chi connectivity index (χ1) is 11.8. The van der Waals surface area contributed by atoms with Crippen molar-refractivity contribution in [1.29, 1.82) is 0 Å². The number of methoxy groups -OCH3 is 2. The summed E-state index contributed by atoms with van der Waals surface area (Å²) in [5, 5.41) is 3.17. The van der Waals surface area contributed by atoms with Crippen molar-refractivity contribution >= 4 is 11.3 Å². The predicted octanol–water partition coefficient (Wildman–Crippen LogP) is 4.59. The molecule has 1 aliphatic rings. The van der Waals surface area contributed by atoms with Gasteiger partial charge in [-0.15, -0.1) is 11.3 Å². The Morgan fingerprint density at radius 1 is 1.25 bits per heavy atom. The Balaban J connectivity index is 1.81. The Labute approximate surface area is 148 Å². The highest BCUT2D eigenvalue weighted by Gasteiger charge is 2.22. The smallest absolute Gasteiger partial charge is 0.170 e. The minimum atomic E-state index is 0.704. The third kappa shape index (κ3) is 3.57. The first kappa shape index (κ1) is 17.2. The molecule has 4 nitrogen and oxygen atoms in total. The maximum absolute atomic E-state index is 5.55. The van der Waals surface area contributed by atoms with Gasteiger partial charge in [0.15, 0.2) is 11.5 Å². The third-order valence-corrected chi connectivity index (χ3v) is 5.69. The topological polar surface area (TPSA) is 34.6 Å². The number of ether oxygens (including phenoxy) is 2. The number of hydrogen-bond acceptors (Lipinski definition) is 5. The van der Waals surface area contributed by atoms with E-state index in [9.17, 15) is 0 Å². The second-order valence-electron chi connectivity index (χ2n) is 6.21. The molecule has 3 rings (SSSR count). The Morgan fingerprint density at radius 2 is 2.12 bits per heavy atom. The molecule has 0 N–H and O–H groups in total. The van der Waals surface area contributed by atoms with E-state index in [1.165, 1.54) is 32.2 Å². The van der Waals surface area contributed by atoms with Crippen LogP contribution in [0.3, 0.4) is 0 Å². The lowest BCUT2D eigenvalue weighted by Gasteiger charge is -2.34. The van der Waals surface area contributed by atoms with Crippen LogP contribution in [0.25, 0.3) is 10.6 Å². The number of nitrogens with zero attached hydrogens (tertiary/aromatic N) is 2.